The lowest BCUT2D eigenvalue weighted by Gasteiger charge is -2.33. The van der Waals surface area contributed by atoms with Gasteiger partial charge in [-0.15, -0.1) is 0 Å². The van der Waals surface area contributed by atoms with Crippen molar-refractivity contribution in [2.45, 2.75) is 84.0 Å². The molecule has 2 heteroatoms. The zero-order chi connectivity index (χ0) is 17.6. The van der Waals surface area contributed by atoms with E-state index in [-0.39, 0.29) is 11.7 Å². The van der Waals surface area contributed by atoms with Crippen molar-refractivity contribution < 1.29 is 9.47 Å². The van der Waals surface area contributed by atoms with Crippen molar-refractivity contribution in [3.05, 3.63) is 29.8 Å². The van der Waals surface area contributed by atoms with Crippen molar-refractivity contribution in [3.63, 3.8) is 0 Å². The summed E-state index contributed by atoms with van der Waals surface area (Å²) in [5.41, 5.74) is 1.60. The molecule has 3 aliphatic carbocycles. The second-order valence-electron chi connectivity index (χ2n) is 9.28. The summed E-state index contributed by atoms with van der Waals surface area (Å²) in [6.07, 6.45) is 8.45. The van der Waals surface area contributed by atoms with E-state index in [1.165, 1.54) is 37.7 Å². The Morgan fingerprint density at radius 3 is 2.48 bits per heavy atom. The smallest absolute Gasteiger partial charge is 0.197 e. The minimum absolute atomic E-state index is 0.158. The molecule has 1 aromatic rings. The average Bonchev–Trinajstić information content (AvgIpc) is 3.28. The number of hydrogen-bond acceptors (Lipinski definition) is 2. The third kappa shape index (κ3) is 3.23. The normalized spacial score (nSPS) is 35.0. The molecular weight excluding hydrogens is 308 g/mol. The summed E-state index contributed by atoms with van der Waals surface area (Å²) in [7, 11) is 0. The van der Waals surface area contributed by atoms with Crippen LogP contribution in [0.2, 0.25) is 0 Å². The van der Waals surface area contributed by atoms with Crippen molar-refractivity contribution in [1.29, 1.82) is 0 Å². The highest BCUT2D eigenvalue weighted by molar-refractivity contribution is 5.31. The summed E-state index contributed by atoms with van der Waals surface area (Å²) in [5.74, 6) is 4.63. The second kappa shape index (κ2) is 6.61. The van der Waals surface area contributed by atoms with Crippen LogP contribution < -0.4 is 4.74 Å². The SMILES string of the molecule is CCC(C)(C)c1ccc(OC(C)OC2CC3CC2C2CCCC32)cc1. The summed E-state index contributed by atoms with van der Waals surface area (Å²) >= 11 is 0. The van der Waals surface area contributed by atoms with Gasteiger partial charge in [-0.1, -0.05) is 39.3 Å². The molecule has 25 heavy (non-hydrogen) atoms. The molecule has 3 aliphatic rings. The summed E-state index contributed by atoms with van der Waals surface area (Å²) in [4.78, 5) is 0. The minimum atomic E-state index is -0.158. The molecule has 0 amide bonds. The first-order chi connectivity index (χ1) is 12.0. The monoisotopic (exact) mass is 342 g/mol. The molecule has 3 fully saturated rings. The van der Waals surface area contributed by atoms with Gasteiger partial charge in [0.1, 0.15) is 5.75 Å². The molecule has 0 N–H and O–H groups in total. The number of rotatable bonds is 6. The Labute approximate surface area is 153 Å². The standard InChI is InChI=1S/C23H34O2/c1-5-23(3,4)17-9-11-18(12-10-17)24-15(2)25-22-14-16-13-21(22)20-8-6-7-19(16)20/h9-12,15-16,19-22H,5-8,13-14H2,1-4H3. The van der Waals surface area contributed by atoms with Gasteiger partial charge in [0.15, 0.2) is 6.29 Å². The molecule has 0 spiro atoms. The maximum atomic E-state index is 6.35. The molecule has 0 aromatic heterocycles. The molecule has 6 atom stereocenters. The number of fused-ring (bicyclic) bond motifs is 5. The highest BCUT2D eigenvalue weighted by atomic mass is 16.7. The van der Waals surface area contributed by atoms with Crippen LogP contribution in [0.3, 0.4) is 0 Å². The van der Waals surface area contributed by atoms with E-state index in [1.807, 2.05) is 0 Å². The van der Waals surface area contributed by atoms with Crippen LogP contribution in [0.4, 0.5) is 0 Å². The van der Waals surface area contributed by atoms with Gasteiger partial charge in [-0.25, -0.2) is 0 Å². The Bertz CT molecular complexity index is 591. The fraction of sp³-hybridized carbons (Fsp3) is 0.739. The van der Waals surface area contributed by atoms with Gasteiger partial charge in [0.05, 0.1) is 6.10 Å². The Hall–Kier alpha value is -1.02. The molecule has 6 unspecified atom stereocenters. The van der Waals surface area contributed by atoms with E-state index in [9.17, 15) is 0 Å². The van der Waals surface area contributed by atoms with Crippen molar-refractivity contribution in [2.75, 3.05) is 0 Å². The molecule has 0 saturated heterocycles. The second-order valence-corrected chi connectivity index (χ2v) is 9.28. The first-order valence-electron chi connectivity index (χ1n) is 10.4. The molecule has 3 saturated carbocycles. The first kappa shape index (κ1) is 17.4. The van der Waals surface area contributed by atoms with E-state index in [2.05, 4.69) is 52.0 Å². The van der Waals surface area contributed by atoms with Gasteiger partial charge in [-0.3, -0.25) is 0 Å². The van der Waals surface area contributed by atoms with Gasteiger partial charge in [-0.05, 0) is 85.8 Å². The van der Waals surface area contributed by atoms with Gasteiger partial charge in [-0.2, -0.15) is 0 Å². The van der Waals surface area contributed by atoms with E-state index in [4.69, 9.17) is 9.47 Å². The fourth-order valence-corrected chi connectivity index (χ4v) is 5.82. The van der Waals surface area contributed by atoms with Crippen molar-refractivity contribution in [1.82, 2.24) is 0 Å². The molecule has 4 rings (SSSR count). The maximum absolute atomic E-state index is 6.35. The third-order valence-corrected chi connectivity index (χ3v) is 7.56. The Kier molecular flexibility index (Phi) is 4.60. The van der Waals surface area contributed by atoms with Crippen LogP contribution in [0.15, 0.2) is 24.3 Å². The predicted octanol–water partition coefficient (Wildman–Crippen LogP) is 5.94. The highest BCUT2D eigenvalue weighted by Gasteiger charge is 2.54. The topological polar surface area (TPSA) is 18.5 Å². The molecule has 2 nitrogen and oxygen atoms in total. The highest BCUT2D eigenvalue weighted by Crippen LogP contribution is 2.59. The van der Waals surface area contributed by atoms with Gasteiger partial charge in [0.2, 0.25) is 0 Å². The van der Waals surface area contributed by atoms with Crippen LogP contribution in [0.25, 0.3) is 0 Å². The zero-order valence-corrected chi connectivity index (χ0v) is 16.3. The van der Waals surface area contributed by atoms with Crippen molar-refractivity contribution in [2.24, 2.45) is 23.7 Å². The lowest BCUT2D eigenvalue weighted by molar-refractivity contribution is -0.132. The van der Waals surface area contributed by atoms with Crippen molar-refractivity contribution >= 4 is 0 Å². The molecule has 0 heterocycles. The van der Waals surface area contributed by atoms with E-state index in [0.29, 0.717) is 6.10 Å². The summed E-state index contributed by atoms with van der Waals surface area (Å²) < 4.78 is 12.4. The largest absolute Gasteiger partial charge is 0.465 e. The van der Waals surface area contributed by atoms with E-state index in [0.717, 1.165) is 35.8 Å². The molecule has 0 aliphatic heterocycles. The number of hydrogen-bond donors (Lipinski definition) is 0. The van der Waals surface area contributed by atoms with Crippen LogP contribution in [0.5, 0.6) is 5.75 Å². The lowest BCUT2D eigenvalue weighted by Crippen LogP contribution is -2.34. The van der Waals surface area contributed by atoms with E-state index in [1.54, 1.807) is 0 Å². The first-order valence-corrected chi connectivity index (χ1v) is 10.4. The molecule has 1 aromatic carbocycles. The number of benzene rings is 1. The number of ether oxygens (including phenoxy) is 2. The quantitative estimate of drug-likeness (QED) is 0.596. The maximum Gasteiger partial charge on any atom is 0.197 e. The van der Waals surface area contributed by atoms with Gasteiger partial charge >= 0.3 is 0 Å². The lowest BCUT2D eigenvalue weighted by atomic mass is 9.80. The zero-order valence-electron chi connectivity index (χ0n) is 16.3. The molecular formula is C23H34O2. The minimum Gasteiger partial charge on any atom is -0.465 e. The summed E-state index contributed by atoms with van der Waals surface area (Å²) in [6, 6.07) is 8.60. The summed E-state index contributed by atoms with van der Waals surface area (Å²) in [6.45, 7) is 8.88. The van der Waals surface area contributed by atoms with E-state index >= 15 is 0 Å². The Morgan fingerprint density at radius 2 is 1.76 bits per heavy atom. The molecule has 138 valence electrons. The van der Waals surface area contributed by atoms with Crippen LogP contribution in [0.1, 0.15) is 71.8 Å². The Balaban J connectivity index is 1.33. The van der Waals surface area contributed by atoms with Crippen LogP contribution in [-0.4, -0.2) is 12.4 Å². The van der Waals surface area contributed by atoms with Crippen LogP contribution in [-0.2, 0) is 10.2 Å². The average molecular weight is 343 g/mol. The molecule has 2 bridgehead atoms. The third-order valence-electron chi connectivity index (χ3n) is 7.56. The van der Waals surface area contributed by atoms with E-state index < -0.39 is 0 Å². The van der Waals surface area contributed by atoms with Crippen LogP contribution in [0, 0.1) is 23.7 Å². The Morgan fingerprint density at radius 1 is 1.04 bits per heavy atom. The summed E-state index contributed by atoms with van der Waals surface area (Å²) in [5, 5.41) is 0. The van der Waals surface area contributed by atoms with Gasteiger partial charge in [0, 0.05) is 0 Å². The fourth-order valence-electron chi connectivity index (χ4n) is 5.82. The van der Waals surface area contributed by atoms with Gasteiger partial charge in [0.25, 0.3) is 0 Å². The van der Waals surface area contributed by atoms with Crippen LogP contribution >= 0.6 is 0 Å². The van der Waals surface area contributed by atoms with Crippen molar-refractivity contribution in [3.8, 4) is 5.75 Å². The van der Waals surface area contributed by atoms with Gasteiger partial charge < -0.3 is 9.47 Å². The molecule has 0 radical (unpaired) electrons. The predicted molar refractivity (Wildman–Crippen MR) is 102 cm³/mol.